The van der Waals surface area contributed by atoms with Gasteiger partial charge in [0.2, 0.25) is 5.91 Å². The summed E-state index contributed by atoms with van der Waals surface area (Å²) in [5.74, 6) is 0.438. The van der Waals surface area contributed by atoms with E-state index in [0.717, 1.165) is 25.8 Å². The Labute approximate surface area is 73.6 Å². The Morgan fingerprint density at radius 2 is 2.33 bits per heavy atom. The molecule has 0 bridgehead atoms. The smallest absolute Gasteiger partial charge is 0.229 e. The van der Waals surface area contributed by atoms with Crippen LogP contribution in [0.3, 0.4) is 0 Å². The quantitative estimate of drug-likeness (QED) is 0.583. The van der Waals surface area contributed by atoms with Crippen LogP contribution in [0.2, 0.25) is 0 Å². The average Bonchev–Trinajstić information content (AvgIpc) is 2.43. The maximum Gasteiger partial charge on any atom is 0.229 e. The fraction of sp³-hybridized carbons (Fsp3) is 0.500. The van der Waals surface area contributed by atoms with Crippen LogP contribution < -0.4 is 0 Å². The molecular formula is C10H15NO. The minimum atomic E-state index is 0.209. The van der Waals surface area contributed by atoms with Gasteiger partial charge < -0.3 is 4.90 Å². The standard InChI is InChI=1S/C10H15NO/c1-3-5-6-9-7-8-11(4-2)10(9)12/h3-4,9H,1-2,5-8H2. The molecule has 1 fully saturated rings. The van der Waals surface area contributed by atoms with Crippen molar-refractivity contribution >= 4 is 5.91 Å². The van der Waals surface area contributed by atoms with Gasteiger partial charge >= 0.3 is 0 Å². The van der Waals surface area contributed by atoms with Gasteiger partial charge in [0.15, 0.2) is 0 Å². The first-order valence-corrected chi connectivity index (χ1v) is 4.33. The summed E-state index contributed by atoms with van der Waals surface area (Å²) < 4.78 is 0. The summed E-state index contributed by atoms with van der Waals surface area (Å²) in [7, 11) is 0. The Bertz CT molecular complexity index is 198. The van der Waals surface area contributed by atoms with Crippen molar-refractivity contribution in [2.45, 2.75) is 19.3 Å². The third-order valence-electron chi connectivity index (χ3n) is 2.29. The molecule has 1 aliphatic rings. The van der Waals surface area contributed by atoms with Crippen molar-refractivity contribution in [2.24, 2.45) is 5.92 Å². The van der Waals surface area contributed by atoms with E-state index >= 15 is 0 Å². The minimum absolute atomic E-state index is 0.209. The van der Waals surface area contributed by atoms with Gasteiger partial charge in [-0.1, -0.05) is 12.7 Å². The molecule has 0 saturated carbocycles. The molecule has 1 unspecified atom stereocenters. The number of likely N-dealkylation sites (tertiary alicyclic amines) is 1. The van der Waals surface area contributed by atoms with Gasteiger partial charge in [0, 0.05) is 12.5 Å². The Morgan fingerprint density at radius 1 is 1.58 bits per heavy atom. The highest BCUT2D eigenvalue weighted by molar-refractivity contribution is 5.81. The van der Waals surface area contributed by atoms with Crippen LogP contribution in [0.25, 0.3) is 0 Å². The largest absolute Gasteiger partial charge is 0.319 e. The maximum atomic E-state index is 11.5. The van der Waals surface area contributed by atoms with Crippen molar-refractivity contribution in [2.75, 3.05) is 6.54 Å². The van der Waals surface area contributed by atoms with E-state index in [0.29, 0.717) is 0 Å². The molecule has 1 atom stereocenters. The molecule has 2 nitrogen and oxygen atoms in total. The first kappa shape index (κ1) is 9.04. The first-order chi connectivity index (χ1) is 5.79. The molecular weight excluding hydrogens is 150 g/mol. The number of allylic oxidation sites excluding steroid dienone is 1. The molecule has 12 heavy (non-hydrogen) atoms. The summed E-state index contributed by atoms with van der Waals surface area (Å²) >= 11 is 0. The fourth-order valence-corrected chi connectivity index (χ4v) is 1.53. The monoisotopic (exact) mass is 165 g/mol. The van der Waals surface area contributed by atoms with Crippen molar-refractivity contribution in [1.29, 1.82) is 0 Å². The lowest BCUT2D eigenvalue weighted by Gasteiger charge is -2.09. The van der Waals surface area contributed by atoms with Crippen LogP contribution in [0.4, 0.5) is 0 Å². The normalized spacial score (nSPS) is 22.8. The highest BCUT2D eigenvalue weighted by Crippen LogP contribution is 2.22. The average molecular weight is 165 g/mol. The summed E-state index contributed by atoms with van der Waals surface area (Å²) in [4.78, 5) is 13.2. The Balaban J connectivity index is 2.43. The molecule has 1 aliphatic heterocycles. The van der Waals surface area contributed by atoms with Crippen LogP contribution in [-0.2, 0) is 4.79 Å². The Morgan fingerprint density at radius 3 is 2.83 bits per heavy atom. The lowest BCUT2D eigenvalue weighted by Crippen LogP contribution is -2.21. The van der Waals surface area contributed by atoms with Gasteiger partial charge in [-0.15, -0.1) is 6.58 Å². The number of carbonyl (C=O) groups excluding carboxylic acids is 1. The third kappa shape index (κ3) is 1.76. The van der Waals surface area contributed by atoms with Gasteiger partial charge in [0.25, 0.3) is 0 Å². The number of nitrogens with zero attached hydrogens (tertiary/aromatic N) is 1. The summed E-state index contributed by atoms with van der Waals surface area (Å²) in [5, 5.41) is 0. The van der Waals surface area contributed by atoms with E-state index in [2.05, 4.69) is 13.2 Å². The van der Waals surface area contributed by atoms with Gasteiger partial charge in [-0.2, -0.15) is 0 Å². The van der Waals surface area contributed by atoms with Crippen molar-refractivity contribution in [3.8, 4) is 0 Å². The molecule has 0 N–H and O–H groups in total. The molecule has 0 aromatic rings. The first-order valence-electron chi connectivity index (χ1n) is 4.33. The Hall–Kier alpha value is -1.05. The minimum Gasteiger partial charge on any atom is -0.319 e. The topological polar surface area (TPSA) is 20.3 Å². The van der Waals surface area contributed by atoms with E-state index in [-0.39, 0.29) is 11.8 Å². The van der Waals surface area contributed by atoms with Crippen LogP contribution in [0.1, 0.15) is 19.3 Å². The zero-order valence-electron chi connectivity index (χ0n) is 7.33. The SMILES string of the molecule is C=CCCC1CCN(C=C)C1=O. The molecule has 66 valence electrons. The molecule has 0 radical (unpaired) electrons. The molecule has 1 heterocycles. The van der Waals surface area contributed by atoms with Crippen LogP contribution in [0.5, 0.6) is 0 Å². The van der Waals surface area contributed by atoms with E-state index < -0.39 is 0 Å². The molecule has 0 aliphatic carbocycles. The predicted molar refractivity (Wildman–Crippen MR) is 49.4 cm³/mol. The van der Waals surface area contributed by atoms with E-state index in [9.17, 15) is 4.79 Å². The number of hydrogen-bond donors (Lipinski definition) is 0. The summed E-state index contributed by atoms with van der Waals surface area (Å²) in [5.41, 5.74) is 0. The summed E-state index contributed by atoms with van der Waals surface area (Å²) in [6.45, 7) is 8.07. The number of carbonyl (C=O) groups is 1. The van der Waals surface area contributed by atoms with Crippen molar-refractivity contribution < 1.29 is 4.79 Å². The zero-order valence-corrected chi connectivity index (χ0v) is 7.33. The van der Waals surface area contributed by atoms with E-state index in [1.165, 1.54) is 0 Å². The van der Waals surface area contributed by atoms with Gasteiger partial charge in [0.05, 0.1) is 0 Å². The third-order valence-corrected chi connectivity index (χ3v) is 2.29. The molecule has 0 aromatic carbocycles. The second-order valence-corrected chi connectivity index (χ2v) is 3.07. The number of amides is 1. The van der Waals surface area contributed by atoms with Gasteiger partial charge in [-0.05, 0) is 25.5 Å². The highest BCUT2D eigenvalue weighted by atomic mass is 16.2. The Kier molecular flexibility index (Phi) is 3.09. The van der Waals surface area contributed by atoms with E-state index in [1.807, 2.05) is 6.08 Å². The zero-order chi connectivity index (χ0) is 8.97. The van der Waals surface area contributed by atoms with Crippen molar-refractivity contribution in [3.63, 3.8) is 0 Å². The van der Waals surface area contributed by atoms with Gasteiger partial charge in [-0.25, -0.2) is 0 Å². The summed E-state index contributed by atoms with van der Waals surface area (Å²) in [6, 6.07) is 0. The van der Waals surface area contributed by atoms with Gasteiger partial charge in [-0.3, -0.25) is 4.79 Å². The molecule has 1 amide bonds. The lowest BCUT2D eigenvalue weighted by molar-refractivity contribution is -0.128. The molecule has 1 rings (SSSR count). The van der Waals surface area contributed by atoms with Gasteiger partial charge in [0.1, 0.15) is 0 Å². The number of rotatable bonds is 4. The van der Waals surface area contributed by atoms with E-state index in [1.54, 1.807) is 11.1 Å². The second-order valence-electron chi connectivity index (χ2n) is 3.07. The molecule has 1 saturated heterocycles. The predicted octanol–water partition coefficient (Wildman–Crippen LogP) is 1.94. The van der Waals surface area contributed by atoms with Crippen molar-refractivity contribution in [3.05, 3.63) is 25.4 Å². The van der Waals surface area contributed by atoms with Crippen molar-refractivity contribution in [1.82, 2.24) is 4.90 Å². The lowest BCUT2D eigenvalue weighted by atomic mass is 10.0. The molecule has 0 spiro atoms. The van der Waals surface area contributed by atoms with E-state index in [4.69, 9.17) is 0 Å². The van der Waals surface area contributed by atoms with Crippen LogP contribution >= 0.6 is 0 Å². The molecule has 0 aromatic heterocycles. The fourth-order valence-electron chi connectivity index (χ4n) is 1.53. The highest BCUT2D eigenvalue weighted by Gasteiger charge is 2.28. The maximum absolute atomic E-state index is 11.5. The van der Waals surface area contributed by atoms with Crippen LogP contribution in [-0.4, -0.2) is 17.4 Å². The second kappa shape index (κ2) is 4.10. The number of hydrogen-bond acceptors (Lipinski definition) is 1. The summed E-state index contributed by atoms with van der Waals surface area (Å²) in [6.07, 6.45) is 6.33. The van der Waals surface area contributed by atoms with Crippen LogP contribution in [0, 0.1) is 5.92 Å². The van der Waals surface area contributed by atoms with Crippen LogP contribution in [0.15, 0.2) is 25.4 Å². The molecule has 2 heteroatoms.